The Morgan fingerprint density at radius 1 is 1.12 bits per heavy atom. The van der Waals surface area contributed by atoms with Crippen LogP contribution in [0.15, 0.2) is 54.6 Å². The van der Waals surface area contributed by atoms with E-state index in [1.807, 2.05) is 30.3 Å². The summed E-state index contributed by atoms with van der Waals surface area (Å²) in [5.74, 6) is -0.422. The molecule has 5 nitrogen and oxygen atoms in total. The highest BCUT2D eigenvalue weighted by molar-refractivity contribution is 7.88. The largest absolute Gasteiger partial charge is 0.311 e. The highest BCUT2D eigenvalue weighted by Crippen LogP contribution is 2.26. The van der Waals surface area contributed by atoms with E-state index in [-0.39, 0.29) is 11.7 Å². The zero-order chi connectivity index (χ0) is 18.0. The lowest BCUT2D eigenvalue weighted by atomic mass is 10.2. The fourth-order valence-corrected chi connectivity index (χ4v) is 4.69. The van der Waals surface area contributed by atoms with E-state index in [0.29, 0.717) is 23.6 Å². The SMILES string of the molecule is CN(C1CCN(c2ccccc2)C1=O)S(=O)(=O)Cc1ccccc1Cl. The average Bonchev–Trinajstić information content (AvgIpc) is 2.98. The van der Waals surface area contributed by atoms with Crippen molar-refractivity contribution < 1.29 is 13.2 Å². The predicted molar refractivity (Wildman–Crippen MR) is 99.0 cm³/mol. The second-order valence-corrected chi connectivity index (χ2v) is 8.43. The van der Waals surface area contributed by atoms with Gasteiger partial charge >= 0.3 is 0 Å². The van der Waals surface area contributed by atoms with Gasteiger partial charge in [-0.05, 0) is 30.2 Å². The number of carbonyl (C=O) groups is 1. The van der Waals surface area contributed by atoms with Crippen LogP contribution in [0.4, 0.5) is 5.69 Å². The summed E-state index contributed by atoms with van der Waals surface area (Å²) in [7, 11) is -2.19. The van der Waals surface area contributed by atoms with Crippen LogP contribution in [-0.2, 0) is 20.6 Å². The van der Waals surface area contributed by atoms with Gasteiger partial charge in [-0.25, -0.2) is 8.42 Å². The van der Waals surface area contributed by atoms with E-state index in [1.165, 1.54) is 11.4 Å². The molecule has 1 heterocycles. The Labute approximate surface area is 152 Å². The van der Waals surface area contributed by atoms with E-state index in [9.17, 15) is 13.2 Å². The van der Waals surface area contributed by atoms with Crippen molar-refractivity contribution in [3.63, 3.8) is 0 Å². The summed E-state index contributed by atoms with van der Waals surface area (Å²) in [5.41, 5.74) is 1.31. The number of hydrogen-bond acceptors (Lipinski definition) is 3. The molecule has 2 aromatic carbocycles. The zero-order valence-corrected chi connectivity index (χ0v) is 15.4. The minimum Gasteiger partial charge on any atom is -0.311 e. The number of nitrogens with zero attached hydrogens (tertiary/aromatic N) is 2. The van der Waals surface area contributed by atoms with Gasteiger partial charge in [0.15, 0.2) is 0 Å². The number of likely N-dealkylation sites (N-methyl/N-ethyl adjacent to an activating group) is 1. The van der Waals surface area contributed by atoms with E-state index in [1.54, 1.807) is 29.2 Å². The van der Waals surface area contributed by atoms with Crippen LogP contribution < -0.4 is 4.90 Å². The zero-order valence-electron chi connectivity index (χ0n) is 13.8. The van der Waals surface area contributed by atoms with Gasteiger partial charge in [0.2, 0.25) is 15.9 Å². The quantitative estimate of drug-likeness (QED) is 0.803. The molecule has 0 aliphatic carbocycles. The minimum absolute atomic E-state index is 0.198. The number of anilines is 1. The number of hydrogen-bond donors (Lipinski definition) is 0. The van der Waals surface area contributed by atoms with E-state index >= 15 is 0 Å². The van der Waals surface area contributed by atoms with Crippen molar-refractivity contribution in [1.82, 2.24) is 4.31 Å². The van der Waals surface area contributed by atoms with E-state index in [0.717, 1.165) is 5.69 Å². The number of halogens is 1. The molecule has 1 aliphatic heterocycles. The molecule has 0 N–H and O–H groups in total. The normalized spacial score (nSPS) is 18.1. The molecular formula is C18H19ClN2O3S. The summed E-state index contributed by atoms with van der Waals surface area (Å²) in [6.45, 7) is 0.499. The Morgan fingerprint density at radius 2 is 1.76 bits per heavy atom. The maximum absolute atomic E-state index is 12.7. The molecule has 1 fully saturated rings. The van der Waals surface area contributed by atoms with Gasteiger partial charge in [0.1, 0.15) is 6.04 Å². The second-order valence-electron chi connectivity index (χ2n) is 5.99. The average molecular weight is 379 g/mol. The van der Waals surface area contributed by atoms with Gasteiger partial charge in [0, 0.05) is 24.3 Å². The van der Waals surface area contributed by atoms with Crippen LogP contribution in [0.3, 0.4) is 0 Å². The van der Waals surface area contributed by atoms with E-state index in [4.69, 9.17) is 11.6 Å². The van der Waals surface area contributed by atoms with Crippen LogP contribution in [0.2, 0.25) is 5.02 Å². The molecule has 0 spiro atoms. The number of sulfonamides is 1. The molecule has 1 saturated heterocycles. The third-order valence-corrected chi connectivity index (χ3v) is 6.60. The topological polar surface area (TPSA) is 57.7 Å². The predicted octanol–water partition coefficient (Wildman–Crippen LogP) is 2.91. The highest BCUT2D eigenvalue weighted by atomic mass is 35.5. The molecule has 0 aromatic heterocycles. The first-order chi connectivity index (χ1) is 11.9. The summed E-state index contributed by atoms with van der Waals surface area (Å²) in [6, 6.07) is 15.4. The van der Waals surface area contributed by atoms with Crippen molar-refractivity contribution in [2.24, 2.45) is 0 Å². The molecule has 0 radical (unpaired) electrons. The number of benzene rings is 2. The molecule has 2 aromatic rings. The lowest BCUT2D eigenvalue weighted by Crippen LogP contribution is -2.43. The Kier molecular flexibility index (Phi) is 5.13. The van der Waals surface area contributed by atoms with Crippen molar-refractivity contribution in [2.45, 2.75) is 18.2 Å². The van der Waals surface area contributed by atoms with Crippen LogP contribution in [0.1, 0.15) is 12.0 Å². The molecule has 1 atom stereocenters. The number of carbonyl (C=O) groups excluding carboxylic acids is 1. The number of para-hydroxylation sites is 1. The molecule has 25 heavy (non-hydrogen) atoms. The van der Waals surface area contributed by atoms with Gasteiger partial charge in [0.25, 0.3) is 0 Å². The molecule has 3 rings (SSSR count). The van der Waals surface area contributed by atoms with E-state index in [2.05, 4.69) is 0 Å². The Balaban J connectivity index is 1.77. The van der Waals surface area contributed by atoms with Crippen molar-refractivity contribution in [2.75, 3.05) is 18.5 Å². The first-order valence-electron chi connectivity index (χ1n) is 7.96. The lowest BCUT2D eigenvalue weighted by molar-refractivity contribution is -0.120. The maximum atomic E-state index is 12.7. The fraction of sp³-hybridized carbons (Fsp3) is 0.278. The molecule has 1 unspecified atom stereocenters. The minimum atomic E-state index is -3.66. The summed E-state index contributed by atoms with van der Waals surface area (Å²) < 4.78 is 26.6. The maximum Gasteiger partial charge on any atom is 0.245 e. The van der Waals surface area contributed by atoms with Crippen LogP contribution in [0.25, 0.3) is 0 Å². The van der Waals surface area contributed by atoms with Gasteiger partial charge in [-0.1, -0.05) is 48.0 Å². The second kappa shape index (κ2) is 7.15. The highest BCUT2D eigenvalue weighted by Gasteiger charge is 2.39. The van der Waals surface area contributed by atoms with E-state index < -0.39 is 16.1 Å². The smallest absolute Gasteiger partial charge is 0.245 e. The molecule has 0 saturated carbocycles. The number of amides is 1. The fourth-order valence-electron chi connectivity index (χ4n) is 2.97. The summed E-state index contributed by atoms with van der Waals surface area (Å²) in [6.07, 6.45) is 0.464. The summed E-state index contributed by atoms with van der Waals surface area (Å²) in [4.78, 5) is 14.3. The van der Waals surface area contributed by atoms with Gasteiger partial charge in [-0.3, -0.25) is 4.79 Å². The molecule has 132 valence electrons. The van der Waals surface area contributed by atoms with Crippen molar-refractivity contribution in [3.05, 3.63) is 65.2 Å². The van der Waals surface area contributed by atoms with Crippen LogP contribution in [0.5, 0.6) is 0 Å². The van der Waals surface area contributed by atoms with Crippen LogP contribution in [0, 0.1) is 0 Å². The first kappa shape index (κ1) is 17.9. The van der Waals surface area contributed by atoms with Crippen LogP contribution in [-0.4, -0.2) is 38.3 Å². The van der Waals surface area contributed by atoms with Crippen LogP contribution >= 0.6 is 11.6 Å². The monoisotopic (exact) mass is 378 g/mol. The van der Waals surface area contributed by atoms with Crippen molar-refractivity contribution in [1.29, 1.82) is 0 Å². The first-order valence-corrected chi connectivity index (χ1v) is 9.94. The number of rotatable bonds is 5. The van der Waals surface area contributed by atoms with Gasteiger partial charge in [-0.15, -0.1) is 0 Å². The Morgan fingerprint density at radius 3 is 2.44 bits per heavy atom. The molecule has 0 bridgehead atoms. The van der Waals surface area contributed by atoms with Crippen molar-refractivity contribution >= 4 is 33.2 Å². The Hall–Kier alpha value is -1.89. The standard InChI is InChI=1S/C18H19ClN2O3S/c1-20(25(23,24)13-14-7-5-6-10-16(14)19)17-11-12-21(18(17)22)15-8-3-2-4-9-15/h2-10,17H,11-13H2,1H3. The van der Waals surface area contributed by atoms with Gasteiger partial charge < -0.3 is 4.90 Å². The molecular weight excluding hydrogens is 360 g/mol. The summed E-state index contributed by atoms with van der Waals surface area (Å²) in [5, 5.41) is 0.406. The third kappa shape index (κ3) is 3.71. The Bertz CT molecular complexity index is 871. The summed E-state index contributed by atoms with van der Waals surface area (Å²) >= 11 is 6.07. The van der Waals surface area contributed by atoms with Gasteiger partial charge in [0.05, 0.1) is 5.75 Å². The lowest BCUT2D eigenvalue weighted by Gasteiger charge is -2.23. The van der Waals surface area contributed by atoms with Crippen molar-refractivity contribution in [3.8, 4) is 0 Å². The molecule has 7 heteroatoms. The molecule has 1 amide bonds. The molecule has 1 aliphatic rings. The third-order valence-electron chi connectivity index (χ3n) is 4.42. The van der Waals surface area contributed by atoms with Gasteiger partial charge in [-0.2, -0.15) is 4.31 Å².